The zero-order valence-electron chi connectivity index (χ0n) is 14.1. The van der Waals surface area contributed by atoms with Gasteiger partial charge in [0.15, 0.2) is 11.4 Å². The second-order valence-corrected chi connectivity index (χ2v) is 6.06. The van der Waals surface area contributed by atoms with Crippen LogP contribution in [0.3, 0.4) is 0 Å². The number of aliphatic hydroxyl groups is 3. The Labute approximate surface area is 153 Å². The molecule has 2 aromatic rings. The number of hydrogen-bond acceptors (Lipinski definition) is 8. The van der Waals surface area contributed by atoms with Gasteiger partial charge in [-0.25, -0.2) is 4.79 Å². The maximum absolute atomic E-state index is 12.8. The fourth-order valence-electron chi connectivity index (χ4n) is 3.22. The largest absolute Gasteiger partial charge is 0.508 e. The Hall–Kier alpha value is -3.36. The van der Waals surface area contributed by atoms with E-state index in [0.29, 0.717) is 0 Å². The predicted molar refractivity (Wildman–Crippen MR) is 91.6 cm³/mol. The van der Waals surface area contributed by atoms with Crippen LogP contribution in [0.1, 0.15) is 11.1 Å². The van der Waals surface area contributed by atoms with Crippen LogP contribution < -0.4 is 0 Å². The number of carbonyl (C=O) groups excluding carboxylic acids is 2. The summed E-state index contributed by atoms with van der Waals surface area (Å²) in [5, 5.41) is 51.7. The lowest BCUT2D eigenvalue weighted by molar-refractivity contribution is -0.184. The lowest BCUT2D eigenvalue weighted by Crippen LogP contribution is -2.58. The average molecular weight is 372 g/mol. The third-order valence-electron chi connectivity index (χ3n) is 4.59. The van der Waals surface area contributed by atoms with Crippen LogP contribution in [0.5, 0.6) is 11.5 Å². The van der Waals surface area contributed by atoms with Crippen LogP contribution in [-0.2, 0) is 19.9 Å². The van der Waals surface area contributed by atoms with Gasteiger partial charge >= 0.3 is 5.97 Å². The van der Waals surface area contributed by atoms with Crippen molar-refractivity contribution in [3.05, 3.63) is 65.4 Å². The highest BCUT2D eigenvalue weighted by Gasteiger charge is 2.70. The summed E-state index contributed by atoms with van der Waals surface area (Å²) in [5.41, 5.74) is -6.66. The van der Waals surface area contributed by atoms with Crippen LogP contribution in [0.25, 0.3) is 5.57 Å². The van der Waals surface area contributed by atoms with Gasteiger partial charge in [0, 0.05) is 0 Å². The Morgan fingerprint density at radius 2 is 1.37 bits per heavy atom. The van der Waals surface area contributed by atoms with Gasteiger partial charge < -0.3 is 30.3 Å². The lowest BCUT2D eigenvalue weighted by Gasteiger charge is -2.36. The zero-order valence-corrected chi connectivity index (χ0v) is 14.1. The fourth-order valence-corrected chi connectivity index (χ4v) is 3.22. The van der Waals surface area contributed by atoms with E-state index in [2.05, 4.69) is 4.74 Å². The number of rotatable bonds is 3. The Morgan fingerprint density at radius 3 is 1.85 bits per heavy atom. The summed E-state index contributed by atoms with van der Waals surface area (Å²) in [6, 6.07) is 9.50. The van der Waals surface area contributed by atoms with Gasteiger partial charge in [-0.05, 0) is 35.4 Å². The number of Topliss-reactive ketones (excluding diaryl/α,β-unsaturated/α-hetero) is 1. The maximum Gasteiger partial charge on any atom is 0.346 e. The number of carbonyl (C=O) groups is 2. The smallest absolute Gasteiger partial charge is 0.346 e. The van der Waals surface area contributed by atoms with Gasteiger partial charge in [0.05, 0.1) is 12.7 Å². The van der Waals surface area contributed by atoms with Gasteiger partial charge in [0.2, 0.25) is 11.4 Å². The Morgan fingerprint density at radius 1 is 0.889 bits per heavy atom. The molecule has 0 saturated carbocycles. The van der Waals surface area contributed by atoms with Crippen LogP contribution in [0.2, 0.25) is 0 Å². The van der Waals surface area contributed by atoms with Crippen molar-refractivity contribution >= 4 is 17.3 Å². The standard InChI is InChI=1S/C19H16O8/c1-27-17(24)19(26)14(10-2-6-12(20)7-3-10)15(22)16(23)18(19,25)11-4-8-13(21)9-5-11/h2-9,20-22,25-26H,1H3. The topological polar surface area (TPSA) is 145 Å². The first-order valence-corrected chi connectivity index (χ1v) is 7.78. The second-order valence-electron chi connectivity index (χ2n) is 6.06. The van der Waals surface area contributed by atoms with E-state index in [9.17, 15) is 35.1 Å². The zero-order chi connectivity index (χ0) is 20.0. The molecule has 0 fully saturated rings. The number of hydrogen-bond donors (Lipinski definition) is 5. The summed E-state index contributed by atoms with van der Waals surface area (Å²) < 4.78 is 4.60. The predicted octanol–water partition coefficient (Wildman–Crippen LogP) is 0.741. The summed E-state index contributed by atoms with van der Waals surface area (Å²) in [6.07, 6.45) is 0. The number of ketones is 1. The second kappa shape index (κ2) is 6.11. The van der Waals surface area contributed by atoms with E-state index < -0.39 is 34.3 Å². The molecule has 0 bridgehead atoms. The van der Waals surface area contributed by atoms with E-state index in [1.807, 2.05) is 0 Å². The molecular weight excluding hydrogens is 356 g/mol. The molecule has 5 N–H and O–H groups in total. The number of phenols is 2. The SMILES string of the molecule is COC(=O)C1(O)C(c2ccc(O)cc2)=C(O)C(=O)C1(O)c1ccc(O)cc1. The van der Waals surface area contributed by atoms with Crippen LogP contribution in [0, 0.1) is 0 Å². The van der Waals surface area contributed by atoms with Crippen molar-refractivity contribution in [2.24, 2.45) is 0 Å². The molecule has 0 spiro atoms. The molecule has 0 aliphatic heterocycles. The number of benzene rings is 2. The third-order valence-corrected chi connectivity index (χ3v) is 4.59. The number of aliphatic hydroxyl groups excluding tert-OH is 1. The Balaban J connectivity index is 2.31. The van der Waals surface area contributed by atoms with E-state index in [4.69, 9.17) is 0 Å². The molecule has 0 radical (unpaired) electrons. The van der Waals surface area contributed by atoms with E-state index in [-0.39, 0.29) is 22.6 Å². The molecule has 1 aliphatic rings. The summed E-state index contributed by atoms with van der Waals surface area (Å²) in [7, 11) is 0.950. The molecule has 3 rings (SSSR count). The van der Waals surface area contributed by atoms with E-state index in [0.717, 1.165) is 31.4 Å². The summed E-state index contributed by atoms with van der Waals surface area (Å²) in [4.78, 5) is 25.3. The minimum atomic E-state index is -2.98. The summed E-state index contributed by atoms with van der Waals surface area (Å²) >= 11 is 0. The molecule has 140 valence electrons. The van der Waals surface area contributed by atoms with Crippen molar-refractivity contribution in [3.63, 3.8) is 0 Å². The molecule has 2 aromatic carbocycles. The normalized spacial score (nSPS) is 24.9. The number of esters is 1. The number of ether oxygens (including phenoxy) is 1. The first-order valence-electron chi connectivity index (χ1n) is 7.78. The molecular formula is C19H16O8. The molecule has 1 aliphatic carbocycles. The monoisotopic (exact) mass is 372 g/mol. The first-order chi connectivity index (χ1) is 12.7. The molecule has 2 unspecified atom stereocenters. The highest BCUT2D eigenvalue weighted by molar-refractivity contribution is 6.21. The molecule has 8 nitrogen and oxygen atoms in total. The van der Waals surface area contributed by atoms with Crippen LogP contribution in [0.15, 0.2) is 54.3 Å². The molecule has 0 heterocycles. The molecule has 27 heavy (non-hydrogen) atoms. The van der Waals surface area contributed by atoms with Crippen molar-refractivity contribution in [2.75, 3.05) is 7.11 Å². The molecule has 0 aromatic heterocycles. The van der Waals surface area contributed by atoms with Gasteiger partial charge in [-0.2, -0.15) is 0 Å². The van der Waals surface area contributed by atoms with E-state index >= 15 is 0 Å². The van der Waals surface area contributed by atoms with Gasteiger partial charge in [-0.15, -0.1) is 0 Å². The van der Waals surface area contributed by atoms with Crippen LogP contribution in [0.4, 0.5) is 0 Å². The minimum absolute atomic E-state index is 0.0150. The fraction of sp³-hybridized carbons (Fsp3) is 0.158. The van der Waals surface area contributed by atoms with Gasteiger partial charge in [0.25, 0.3) is 0 Å². The van der Waals surface area contributed by atoms with Crippen molar-refractivity contribution in [2.45, 2.75) is 11.2 Å². The lowest BCUT2D eigenvalue weighted by atomic mass is 9.75. The summed E-state index contributed by atoms with van der Waals surface area (Å²) in [5.74, 6) is -4.02. The van der Waals surface area contributed by atoms with E-state index in [1.54, 1.807) is 0 Å². The Bertz CT molecular complexity index is 945. The van der Waals surface area contributed by atoms with Gasteiger partial charge in [-0.1, -0.05) is 24.3 Å². The van der Waals surface area contributed by atoms with Crippen molar-refractivity contribution < 1.29 is 39.9 Å². The number of aromatic hydroxyl groups is 2. The molecule has 2 atom stereocenters. The van der Waals surface area contributed by atoms with Crippen molar-refractivity contribution in [1.82, 2.24) is 0 Å². The highest BCUT2D eigenvalue weighted by atomic mass is 16.5. The molecule has 0 saturated heterocycles. The van der Waals surface area contributed by atoms with Gasteiger partial charge in [-0.3, -0.25) is 4.79 Å². The minimum Gasteiger partial charge on any atom is -0.508 e. The van der Waals surface area contributed by atoms with Crippen LogP contribution in [-0.4, -0.2) is 50.0 Å². The number of phenolic OH excluding ortho intramolecular Hbond substituents is 2. The van der Waals surface area contributed by atoms with Crippen molar-refractivity contribution in [3.8, 4) is 11.5 Å². The van der Waals surface area contributed by atoms with Crippen molar-refractivity contribution in [1.29, 1.82) is 0 Å². The highest BCUT2D eigenvalue weighted by Crippen LogP contribution is 2.51. The van der Waals surface area contributed by atoms with E-state index in [1.165, 1.54) is 24.3 Å². The van der Waals surface area contributed by atoms with Crippen LogP contribution >= 0.6 is 0 Å². The quantitative estimate of drug-likeness (QED) is 0.496. The number of methoxy groups -OCH3 is 1. The molecule has 0 amide bonds. The maximum atomic E-state index is 12.8. The Kier molecular flexibility index (Phi) is 4.17. The molecule has 8 heteroatoms. The average Bonchev–Trinajstić information content (AvgIpc) is 2.82. The first kappa shape index (κ1) is 18.4. The van der Waals surface area contributed by atoms with Gasteiger partial charge in [0.1, 0.15) is 11.5 Å². The summed E-state index contributed by atoms with van der Waals surface area (Å²) in [6.45, 7) is 0. The third kappa shape index (κ3) is 2.38.